The van der Waals surface area contributed by atoms with Gasteiger partial charge >= 0.3 is 0 Å². The zero-order chi connectivity index (χ0) is 17.0. The first kappa shape index (κ1) is 17.0. The van der Waals surface area contributed by atoms with Crippen molar-refractivity contribution in [2.45, 2.75) is 47.0 Å². The molecule has 122 valence electrons. The second kappa shape index (κ2) is 7.27. The molecule has 4 nitrogen and oxygen atoms in total. The minimum absolute atomic E-state index is 0.0319. The summed E-state index contributed by atoms with van der Waals surface area (Å²) in [6.07, 6.45) is 3.39. The van der Waals surface area contributed by atoms with Crippen molar-refractivity contribution in [1.82, 2.24) is 4.98 Å². The van der Waals surface area contributed by atoms with E-state index in [4.69, 9.17) is 0 Å². The van der Waals surface area contributed by atoms with Crippen LogP contribution in [0.15, 0.2) is 24.3 Å². The lowest BCUT2D eigenvalue weighted by atomic mass is 10.1. The van der Waals surface area contributed by atoms with Gasteiger partial charge in [-0.15, -0.1) is 0 Å². The third kappa shape index (κ3) is 3.89. The van der Waals surface area contributed by atoms with Gasteiger partial charge in [0.15, 0.2) is 5.78 Å². The summed E-state index contributed by atoms with van der Waals surface area (Å²) >= 11 is 0. The van der Waals surface area contributed by atoms with Crippen LogP contribution in [0.5, 0.6) is 0 Å². The van der Waals surface area contributed by atoms with Crippen molar-refractivity contribution in [3.63, 3.8) is 0 Å². The van der Waals surface area contributed by atoms with Gasteiger partial charge in [-0.2, -0.15) is 0 Å². The van der Waals surface area contributed by atoms with Crippen LogP contribution in [0.1, 0.15) is 64.4 Å². The molecule has 0 radical (unpaired) electrons. The van der Waals surface area contributed by atoms with E-state index >= 15 is 0 Å². The monoisotopic (exact) mass is 312 g/mol. The highest BCUT2D eigenvalue weighted by Gasteiger charge is 2.19. The molecule has 0 aliphatic heterocycles. The van der Waals surface area contributed by atoms with E-state index in [0.29, 0.717) is 16.8 Å². The molecule has 1 amide bonds. The van der Waals surface area contributed by atoms with Crippen LogP contribution in [-0.4, -0.2) is 16.7 Å². The van der Waals surface area contributed by atoms with E-state index in [9.17, 15) is 9.59 Å². The van der Waals surface area contributed by atoms with Crippen molar-refractivity contribution in [1.29, 1.82) is 0 Å². The van der Waals surface area contributed by atoms with E-state index in [-0.39, 0.29) is 11.7 Å². The summed E-state index contributed by atoms with van der Waals surface area (Å²) in [5.74, 6) is -0.255. The van der Waals surface area contributed by atoms with E-state index in [1.807, 2.05) is 31.2 Å². The summed E-state index contributed by atoms with van der Waals surface area (Å²) in [4.78, 5) is 27.1. The maximum absolute atomic E-state index is 12.4. The molecule has 2 aromatic rings. The number of anilines is 1. The summed E-state index contributed by atoms with van der Waals surface area (Å²) in [6, 6.07) is 7.91. The molecule has 2 N–H and O–H groups in total. The third-order valence-corrected chi connectivity index (χ3v) is 4.05. The number of aromatic amines is 1. The van der Waals surface area contributed by atoms with E-state index < -0.39 is 0 Å². The highest BCUT2D eigenvalue weighted by atomic mass is 16.2. The Morgan fingerprint density at radius 2 is 1.78 bits per heavy atom. The Morgan fingerprint density at radius 3 is 2.30 bits per heavy atom. The Kier molecular flexibility index (Phi) is 5.37. The van der Waals surface area contributed by atoms with Gasteiger partial charge in [-0.05, 0) is 56.9 Å². The fraction of sp³-hybridized carbons (Fsp3) is 0.368. The summed E-state index contributed by atoms with van der Waals surface area (Å²) in [5.41, 5.74) is 4.51. The van der Waals surface area contributed by atoms with Crippen LogP contribution in [0, 0.1) is 13.8 Å². The number of Topliss-reactive ketones (excluding diaryl/α,β-unsaturated/α-hetero) is 1. The predicted octanol–water partition coefficient (Wildman–Crippen LogP) is 4.43. The van der Waals surface area contributed by atoms with E-state index in [1.54, 1.807) is 6.92 Å². The Balaban J connectivity index is 2.13. The average molecular weight is 312 g/mol. The number of H-pyrrole nitrogens is 1. The first-order chi connectivity index (χ1) is 10.9. The van der Waals surface area contributed by atoms with E-state index in [1.165, 1.54) is 25.3 Å². The van der Waals surface area contributed by atoms with Crippen molar-refractivity contribution in [3.8, 4) is 0 Å². The number of benzene rings is 1. The number of amides is 1. The van der Waals surface area contributed by atoms with Crippen LogP contribution >= 0.6 is 0 Å². The second-order valence-corrected chi connectivity index (χ2v) is 5.94. The number of unbranched alkanes of at least 4 members (excludes halogenated alkanes) is 1. The maximum Gasteiger partial charge on any atom is 0.272 e. The quantitative estimate of drug-likeness (QED) is 0.775. The standard InChI is InChI=1S/C19H24N2O2/c1-5-6-7-15-8-10-16(11-9-15)21-19(23)18-12(2)17(14(4)22)13(3)20-18/h8-11,20H,5-7H2,1-4H3,(H,21,23). The SMILES string of the molecule is CCCCc1ccc(NC(=O)c2[nH]c(C)c(C(C)=O)c2C)cc1. The van der Waals surface area contributed by atoms with Gasteiger partial charge in [0.1, 0.15) is 5.69 Å². The molecule has 0 aliphatic carbocycles. The van der Waals surface area contributed by atoms with Crippen molar-refractivity contribution in [2.24, 2.45) is 0 Å². The molecular weight excluding hydrogens is 288 g/mol. The highest BCUT2D eigenvalue weighted by molar-refractivity contribution is 6.07. The fourth-order valence-corrected chi connectivity index (χ4v) is 2.83. The number of ketones is 1. The molecule has 0 saturated heterocycles. The number of rotatable bonds is 6. The van der Waals surface area contributed by atoms with Crippen LogP contribution in [0.2, 0.25) is 0 Å². The van der Waals surface area contributed by atoms with Crippen molar-refractivity contribution < 1.29 is 9.59 Å². The lowest BCUT2D eigenvalue weighted by Gasteiger charge is -2.06. The molecule has 0 aliphatic rings. The van der Waals surface area contributed by atoms with Gasteiger partial charge in [0.05, 0.1) is 0 Å². The largest absolute Gasteiger partial charge is 0.354 e. The lowest BCUT2D eigenvalue weighted by molar-refractivity contribution is 0.101. The third-order valence-electron chi connectivity index (χ3n) is 4.05. The van der Waals surface area contributed by atoms with Crippen molar-refractivity contribution in [3.05, 3.63) is 52.3 Å². The molecule has 1 heterocycles. The Labute approximate surface area is 137 Å². The van der Waals surface area contributed by atoms with Gasteiger partial charge in [-0.3, -0.25) is 9.59 Å². The van der Waals surface area contributed by atoms with Crippen LogP contribution in [-0.2, 0) is 6.42 Å². The number of nitrogens with one attached hydrogen (secondary N) is 2. The second-order valence-electron chi connectivity index (χ2n) is 5.94. The number of carbonyl (C=O) groups excluding carboxylic acids is 2. The van der Waals surface area contributed by atoms with Gasteiger partial charge in [-0.25, -0.2) is 0 Å². The van der Waals surface area contributed by atoms with Crippen LogP contribution in [0.25, 0.3) is 0 Å². The summed E-state index contributed by atoms with van der Waals surface area (Å²) < 4.78 is 0. The van der Waals surface area contributed by atoms with Gasteiger partial charge < -0.3 is 10.3 Å². The summed E-state index contributed by atoms with van der Waals surface area (Å²) in [6.45, 7) is 7.29. The van der Waals surface area contributed by atoms with Crippen molar-refractivity contribution in [2.75, 3.05) is 5.32 Å². The predicted molar refractivity (Wildman–Crippen MR) is 93.3 cm³/mol. The summed E-state index contributed by atoms with van der Waals surface area (Å²) in [7, 11) is 0. The smallest absolute Gasteiger partial charge is 0.272 e. The molecule has 4 heteroatoms. The van der Waals surface area contributed by atoms with Crippen molar-refractivity contribution >= 4 is 17.4 Å². The van der Waals surface area contributed by atoms with Gasteiger partial charge in [0.25, 0.3) is 5.91 Å². The number of carbonyl (C=O) groups is 2. The molecule has 0 spiro atoms. The molecule has 0 atom stereocenters. The van der Waals surface area contributed by atoms with E-state index in [2.05, 4.69) is 17.2 Å². The van der Waals surface area contributed by atoms with Crippen LogP contribution < -0.4 is 5.32 Å². The number of hydrogen-bond acceptors (Lipinski definition) is 2. The Bertz CT molecular complexity index is 712. The maximum atomic E-state index is 12.4. The normalized spacial score (nSPS) is 10.6. The zero-order valence-electron chi connectivity index (χ0n) is 14.2. The fourth-order valence-electron chi connectivity index (χ4n) is 2.83. The Morgan fingerprint density at radius 1 is 1.13 bits per heavy atom. The minimum atomic E-state index is -0.223. The molecular formula is C19H24N2O2. The number of aromatic nitrogens is 1. The first-order valence-electron chi connectivity index (χ1n) is 8.04. The zero-order valence-corrected chi connectivity index (χ0v) is 14.2. The van der Waals surface area contributed by atoms with Crippen LogP contribution in [0.3, 0.4) is 0 Å². The van der Waals surface area contributed by atoms with Gasteiger partial charge in [0, 0.05) is 16.9 Å². The molecule has 2 rings (SSSR count). The van der Waals surface area contributed by atoms with Gasteiger partial charge in [-0.1, -0.05) is 25.5 Å². The molecule has 0 saturated carbocycles. The lowest BCUT2D eigenvalue weighted by Crippen LogP contribution is -2.13. The molecule has 1 aromatic carbocycles. The molecule has 0 unspecified atom stereocenters. The first-order valence-corrected chi connectivity index (χ1v) is 8.04. The Hall–Kier alpha value is -2.36. The summed E-state index contributed by atoms with van der Waals surface area (Å²) in [5, 5.41) is 2.88. The molecule has 0 bridgehead atoms. The number of aryl methyl sites for hydroxylation is 2. The molecule has 23 heavy (non-hydrogen) atoms. The average Bonchev–Trinajstić information content (AvgIpc) is 2.81. The van der Waals surface area contributed by atoms with Crippen LogP contribution in [0.4, 0.5) is 5.69 Å². The molecule has 0 fully saturated rings. The number of hydrogen-bond donors (Lipinski definition) is 2. The highest BCUT2D eigenvalue weighted by Crippen LogP contribution is 2.20. The minimum Gasteiger partial charge on any atom is -0.354 e. The van der Waals surface area contributed by atoms with E-state index in [0.717, 1.165) is 17.8 Å². The topological polar surface area (TPSA) is 62.0 Å². The molecule has 1 aromatic heterocycles. The van der Waals surface area contributed by atoms with Gasteiger partial charge in [0.2, 0.25) is 0 Å².